The van der Waals surface area contributed by atoms with Gasteiger partial charge in [0.1, 0.15) is 10.1 Å². The zero-order valence-corrected chi connectivity index (χ0v) is 60.4. The number of ether oxygens (including phenoxy) is 3. The Balaban J connectivity index is 0.000000134. The van der Waals surface area contributed by atoms with Gasteiger partial charge in [-0.1, -0.05) is 15.9 Å². The lowest BCUT2D eigenvalue weighted by Gasteiger charge is -2.32. The number of rotatable bonds is 19. The summed E-state index contributed by atoms with van der Waals surface area (Å²) >= 11 is 9.45. The molecule has 4 fully saturated rings. The van der Waals surface area contributed by atoms with Crippen LogP contribution in [0.1, 0.15) is 81.1 Å². The third-order valence-electron chi connectivity index (χ3n) is 16.6. The summed E-state index contributed by atoms with van der Waals surface area (Å²) in [5.41, 5.74) is 5.55. The number of alkyl halides is 1. The quantitative estimate of drug-likeness (QED) is 0.0505. The van der Waals surface area contributed by atoms with Crippen molar-refractivity contribution >= 4 is 127 Å². The minimum Gasteiger partial charge on any atom is -0.399 e. The maximum absolute atomic E-state index is 12.0. The molecule has 0 radical (unpaired) electrons. The fraction of sp³-hybridized carbons (Fsp3) is 0.435. The average molecular weight is 1490 g/mol. The van der Waals surface area contributed by atoms with Gasteiger partial charge in [-0.25, -0.2) is 19.0 Å². The van der Waals surface area contributed by atoms with Gasteiger partial charge in [0.15, 0.2) is 34.2 Å². The number of fused-ring (bicyclic) bond motifs is 4. The first-order chi connectivity index (χ1) is 46.5. The molecule has 29 nitrogen and oxygen atoms in total. The van der Waals surface area contributed by atoms with Crippen LogP contribution >= 0.6 is 55.4 Å². The van der Waals surface area contributed by atoms with Gasteiger partial charge in [-0.3, -0.25) is 32.9 Å². The number of aromatic amines is 1. The van der Waals surface area contributed by atoms with Gasteiger partial charge in [0.25, 0.3) is 0 Å². The molecular formula is C62H76B2Br2N20O9S2. The highest BCUT2D eigenvalue weighted by Crippen LogP contribution is 2.38. The summed E-state index contributed by atoms with van der Waals surface area (Å²) in [6.45, 7) is 19.8. The van der Waals surface area contributed by atoms with Gasteiger partial charge < -0.3 is 43.5 Å². The number of aromatic nitrogens is 18. The fourth-order valence-corrected chi connectivity index (χ4v) is 11.6. The maximum atomic E-state index is 12.0. The van der Waals surface area contributed by atoms with E-state index in [2.05, 4.69) is 108 Å². The number of imidazole rings is 2. The average Bonchev–Trinajstić information content (AvgIpc) is 1.64. The summed E-state index contributed by atoms with van der Waals surface area (Å²) in [7, 11) is 4.39. The van der Waals surface area contributed by atoms with Gasteiger partial charge in [-0.15, -0.1) is 20.4 Å². The van der Waals surface area contributed by atoms with Gasteiger partial charge in [-0.2, -0.15) is 25.5 Å². The molecule has 0 aromatic carbocycles. The second-order valence-electron chi connectivity index (χ2n) is 25.0. The van der Waals surface area contributed by atoms with Crippen LogP contribution < -0.4 is 21.6 Å². The van der Waals surface area contributed by atoms with Gasteiger partial charge in [0.05, 0.1) is 73.9 Å². The molecule has 3 N–H and O–H groups in total. The second-order valence-corrected chi connectivity index (χ2v) is 28.7. The van der Waals surface area contributed by atoms with Crippen LogP contribution in [0, 0.1) is 11.8 Å². The number of methoxy groups -OCH3 is 3. The smallest absolute Gasteiger partial charge is 0.399 e. The lowest BCUT2D eigenvalue weighted by Crippen LogP contribution is -2.41. The Morgan fingerprint density at radius 3 is 1.52 bits per heavy atom. The molecule has 0 spiro atoms. The van der Waals surface area contributed by atoms with Crippen LogP contribution in [0.5, 0.6) is 0 Å². The van der Waals surface area contributed by atoms with E-state index in [0.29, 0.717) is 47.8 Å². The van der Waals surface area contributed by atoms with E-state index in [0.717, 1.165) is 97.2 Å². The third kappa shape index (κ3) is 17.7. The van der Waals surface area contributed by atoms with E-state index in [1.165, 1.54) is 23.5 Å². The standard InChI is InChI=1S/C22H21N9O2S.C16H12BrN7OS.C12H21BN2O3.C9H15BN2O2.C3H7BrO/c1-33-9-8-29-11-16(10-23-29)15-4-5-19-26-27-22(30(19)12-15)34-20-7-6-18-24-17(13-31(18)28-20)25-21(32)14-2-3-14;17-10-3-4-13-20-21-16(23(13)7-10)26-14-6-5-12-18-11(8-24(12)22-14)19-15(25)9-1-2-9;1-11(2)12(3,4)18-13(17-11)10-8-14-15(9-10)6-7-16-5;1-8(2)9(3,4)14-10(13-8)7-5-11-12-6-7;1-5-3-2-4/h4-7,10-14H,2-3,8-9H2,1H3,(H,25,32);3-9H,1-2H2,(H,19,25);8-9H,6-7H2,1-5H3;5-6H,1-4H3,(H,11,12);2-3H2,1H3. The maximum Gasteiger partial charge on any atom is 0.498 e. The molecule has 35 heteroatoms. The number of anilines is 2. The first kappa shape index (κ1) is 70.9. The molecule has 11 aromatic heterocycles. The minimum absolute atomic E-state index is 0.0213. The topological polar surface area (TPSA) is 308 Å². The van der Waals surface area contributed by atoms with Crippen molar-refractivity contribution in [1.29, 1.82) is 0 Å². The summed E-state index contributed by atoms with van der Waals surface area (Å²) in [4.78, 5) is 32.7. The predicted octanol–water partition coefficient (Wildman–Crippen LogP) is 8.38. The summed E-state index contributed by atoms with van der Waals surface area (Å²) < 4.78 is 50.2. The predicted molar refractivity (Wildman–Crippen MR) is 373 cm³/mol. The molecule has 13 heterocycles. The van der Waals surface area contributed by atoms with Crippen molar-refractivity contribution in [3.8, 4) is 11.1 Å². The van der Waals surface area contributed by atoms with Crippen LogP contribution in [0.25, 0.3) is 33.7 Å². The van der Waals surface area contributed by atoms with E-state index in [1.54, 1.807) is 61.3 Å². The van der Waals surface area contributed by atoms with E-state index in [1.807, 2.05) is 153 Å². The lowest BCUT2D eigenvalue weighted by molar-refractivity contribution is -0.118. The molecule has 11 aromatic rings. The first-order valence-electron chi connectivity index (χ1n) is 31.3. The Kier molecular flexibility index (Phi) is 22.5. The number of nitrogens with zero attached hydrogens (tertiary/aromatic N) is 17. The van der Waals surface area contributed by atoms with Crippen molar-refractivity contribution in [3.05, 3.63) is 115 Å². The van der Waals surface area contributed by atoms with E-state index in [4.69, 9.17) is 28.1 Å². The Labute approximate surface area is 585 Å². The molecule has 510 valence electrons. The Morgan fingerprint density at radius 1 is 0.567 bits per heavy atom. The molecule has 2 amide bonds. The van der Waals surface area contributed by atoms with E-state index in [-0.39, 0.29) is 60.3 Å². The van der Waals surface area contributed by atoms with E-state index >= 15 is 0 Å². The van der Waals surface area contributed by atoms with Crippen molar-refractivity contribution in [1.82, 2.24) is 88.2 Å². The summed E-state index contributed by atoms with van der Waals surface area (Å²) in [6, 6.07) is 15.2. The van der Waals surface area contributed by atoms with E-state index < -0.39 is 0 Å². The van der Waals surface area contributed by atoms with Crippen molar-refractivity contribution in [2.24, 2.45) is 11.8 Å². The number of amides is 2. The monoisotopic (exact) mass is 1490 g/mol. The third-order valence-corrected chi connectivity index (χ3v) is 19.2. The molecular weight excluding hydrogens is 1410 g/mol. The SMILES string of the molecule is CC1(C)OB(c2cn[nH]c2)OC1(C)C.COCCBr.COCCn1cc(-c2ccc3nnc(Sc4ccc5nc(NC(=O)C6CC6)cn5n4)n3c2)cn1.COCCn1cc(B2OC(C)(C)C(C)(C)O2)cn1.O=C(Nc1cn2nc(Sc3nnc4ccc(Br)cn34)ccc2n1)C1CC1. The molecule has 15 rings (SSSR count). The van der Waals surface area contributed by atoms with Crippen molar-refractivity contribution in [2.45, 2.75) is 137 Å². The van der Waals surface area contributed by atoms with Crippen molar-refractivity contribution in [2.75, 3.05) is 57.1 Å². The normalized spacial score (nSPS) is 16.5. The highest BCUT2D eigenvalue weighted by molar-refractivity contribution is 9.10. The van der Waals surface area contributed by atoms with Gasteiger partial charge in [-0.05, 0) is 169 Å². The highest BCUT2D eigenvalue weighted by Gasteiger charge is 2.53. The minimum atomic E-state index is -0.341. The Bertz CT molecular complexity index is 4440. The van der Waals surface area contributed by atoms with Gasteiger partial charge in [0, 0.05) is 108 Å². The fourth-order valence-electron chi connectivity index (χ4n) is 9.37. The van der Waals surface area contributed by atoms with Gasteiger partial charge in [0.2, 0.25) is 22.1 Å². The van der Waals surface area contributed by atoms with Crippen LogP contribution in [-0.4, -0.2) is 183 Å². The second kappa shape index (κ2) is 30.8. The number of carbonyl (C=O) groups is 2. The summed E-state index contributed by atoms with van der Waals surface area (Å²) in [5.74, 6) is 1.34. The van der Waals surface area contributed by atoms with Crippen LogP contribution in [0.2, 0.25) is 0 Å². The summed E-state index contributed by atoms with van der Waals surface area (Å²) in [5, 5.41) is 51.0. The Morgan fingerprint density at radius 2 is 1.04 bits per heavy atom. The number of pyridine rings is 2. The molecule has 2 aliphatic carbocycles. The van der Waals surface area contributed by atoms with Crippen LogP contribution in [0.4, 0.5) is 11.6 Å². The zero-order valence-electron chi connectivity index (χ0n) is 55.6. The van der Waals surface area contributed by atoms with Crippen molar-refractivity contribution < 1.29 is 42.4 Å². The molecule has 0 unspecified atom stereocenters. The van der Waals surface area contributed by atoms with Crippen LogP contribution in [-0.2, 0) is 55.5 Å². The number of hydrogen-bond acceptors (Lipinski definition) is 22. The molecule has 2 saturated carbocycles. The molecule has 0 atom stereocenters. The van der Waals surface area contributed by atoms with Crippen molar-refractivity contribution in [3.63, 3.8) is 0 Å². The molecule has 2 saturated heterocycles. The Hall–Kier alpha value is -7.44. The van der Waals surface area contributed by atoms with Crippen LogP contribution in [0.15, 0.2) is 135 Å². The van der Waals surface area contributed by atoms with E-state index in [9.17, 15) is 9.59 Å². The number of nitrogens with one attached hydrogen (secondary N) is 3. The molecule has 97 heavy (non-hydrogen) atoms. The zero-order chi connectivity index (χ0) is 68.7. The van der Waals surface area contributed by atoms with Crippen LogP contribution in [0.3, 0.4) is 0 Å². The molecule has 2 aliphatic heterocycles. The molecule has 0 bridgehead atoms. The summed E-state index contributed by atoms with van der Waals surface area (Å²) in [6.07, 6.45) is 22.2. The number of H-pyrrole nitrogens is 1. The largest absolute Gasteiger partial charge is 0.498 e. The number of carbonyl (C=O) groups excluding carboxylic acids is 2. The number of hydrogen-bond donors (Lipinski definition) is 3. The highest BCUT2D eigenvalue weighted by atomic mass is 79.9. The first-order valence-corrected chi connectivity index (χ1v) is 34.9. The lowest BCUT2D eigenvalue weighted by atomic mass is 9.82. The van der Waals surface area contributed by atoms with Gasteiger partial charge >= 0.3 is 14.2 Å². The number of halogens is 2. The molecule has 4 aliphatic rings.